The Morgan fingerprint density at radius 1 is 1.36 bits per heavy atom. The van der Waals surface area contributed by atoms with Gasteiger partial charge < -0.3 is 4.90 Å². The number of nitrogens with zero attached hydrogens (tertiary/aromatic N) is 2. The molecule has 0 spiro atoms. The van der Waals surface area contributed by atoms with E-state index in [1.165, 1.54) is 0 Å². The number of aromatic nitrogens is 1. The first-order valence-electron chi connectivity index (χ1n) is 4.83. The summed E-state index contributed by atoms with van der Waals surface area (Å²) in [5, 5.41) is 2.76. The minimum absolute atomic E-state index is 0.0406. The Balaban J connectivity index is 1.94. The number of pyridine rings is 1. The van der Waals surface area contributed by atoms with Crippen molar-refractivity contribution in [1.82, 2.24) is 9.88 Å². The second kappa shape index (κ2) is 4.09. The van der Waals surface area contributed by atoms with Gasteiger partial charge in [0.2, 0.25) is 0 Å². The fraction of sp³-hybridized carbons (Fsp3) is 0.400. The van der Waals surface area contributed by atoms with Crippen LogP contribution in [0, 0.1) is 0 Å². The van der Waals surface area contributed by atoms with Gasteiger partial charge in [-0.3, -0.25) is 5.32 Å². The van der Waals surface area contributed by atoms with Gasteiger partial charge in [-0.15, -0.1) is 0 Å². The highest BCUT2D eigenvalue weighted by Gasteiger charge is 2.17. The predicted molar refractivity (Wildman–Crippen MR) is 54.1 cm³/mol. The molecule has 1 N–H and O–H groups in total. The summed E-state index contributed by atoms with van der Waals surface area (Å²) < 4.78 is 0. The fourth-order valence-electron chi connectivity index (χ4n) is 1.55. The first-order chi connectivity index (χ1) is 6.86. The molecule has 0 saturated carbocycles. The van der Waals surface area contributed by atoms with Crippen molar-refractivity contribution in [3.8, 4) is 0 Å². The lowest BCUT2D eigenvalue weighted by atomic mass is 10.4. The van der Waals surface area contributed by atoms with Gasteiger partial charge in [-0.1, -0.05) is 6.07 Å². The molecule has 2 heterocycles. The van der Waals surface area contributed by atoms with Crippen LogP contribution in [0.3, 0.4) is 0 Å². The third kappa shape index (κ3) is 2.02. The second-order valence-electron chi connectivity index (χ2n) is 3.34. The molecule has 4 nitrogen and oxygen atoms in total. The van der Waals surface area contributed by atoms with E-state index in [4.69, 9.17) is 0 Å². The van der Waals surface area contributed by atoms with E-state index in [-0.39, 0.29) is 6.03 Å². The molecule has 1 saturated heterocycles. The molecule has 1 aromatic heterocycles. The lowest BCUT2D eigenvalue weighted by Gasteiger charge is -2.15. The van der Waals surface area contributed by atoms with E-state index in [0.29, 0.717) is 5.82 Å². The number of hydrogen-bond acceptors (Lipinski definition) is 2. The average molecular weight is 191 g/mol. The second-order valence-corrected chi connectivity index (χ2v) is 3.34. The van der Waals surface area contributed by atoms with Crippen LogP contribution in [-0.4, -0.2) is 29.0 Å². The fourth-order valence-corrected chi connectivity index (χ4v) is 1.55. The van der Waals surface area contributed by atoms with Crippen LogP contribution in [0.2, 0.25) is 0 Å². The topological polar surface area (TPSA) is 45.2 Å². The van der Waals surface area contributed by atoms with Crippen LogP contribution in [0.15, 0.2) is 24.4 Å². The van der Waals surface area contributed by atoms with E-state index >= 15 is 0 Å². The molecule has 1 fully saturated rings. The Labute approximate surface area is 82.9 Å². The van der Waals surface area contributed by atoms with Crippen molar-refractivity contribution in [2.45, 2.75) is 12.8 Å². The van der Waals surface area contributed by atoms with Gasteiger partial charge in [0.1, 0.15) is 5.82 Å². The van der Waals surface area contributed by atoms with E-state index in [1.807, 2.05) is 17.0 Å². The first kappa shape index (κ1) is 8.99. The Morgan fingerprint density at radius 2 is 2.14 bits per heavy atom. The predicted octanol–water partition coefficient (Wildman–Crippen LogP) is 1.71. The Kier molecular flexibility index (Phi) is 2.62. The van der Waals surface area contributed by atoms with Crippen LogP contribution in [0.25, 0.3) is 0 Å². The number of hydrogen-bond donors (Lipinski definition) is 1. The van der Waals surface area contributed by atoms with E-state index in [9.17, 15) is 4.79 Å². The van der Waals surface area contributed by atoms with E-state index in [0.717, 1.165) is 25.9 Å². The maximum atomic E-state index is 11.6. The molecule has 0 radical (unpaired) electrons. The summed E-state index contributed by atoms with van der Waals surface area (Å²) in [6.45, 7) is 1.72. The summed E-state index contributed by atoms with van der Waals surface area (Å²) in [6.07, 6.45) is 3.88. The quantitative estimate of drug-likeness (QED) is 0.734. The molecule has 2 rings (SSSR count). The molecule has 4 heteroatoms. The number of urea groups is 1. The van der Waals surface area contributed by atoms with Crippen molar-refractivity contribution < 1.29 is 4.79 Å². The highest BCUT2D eigenvalue weighted by molar-refractivity contribution is 5.88. The van der Waals surface area contributed by atoms with Crippen LogP contribution in [-0.2, 0) is 0 Å². The number of rotatable bonds is 1. The summed E-state index contributed by atoms with van der Waals surface area (Å²) in [5.41, 5.74) is 0. The molecule has 0 unspecified atom stereocenters. The summed E-state index contributed by atoms with van der Waals surface area (Å²) in [5.74, 6) is 0.615. The van der Waals surface area contributed by atoms with Gasteiger partial charge in [-0.2, -0.15) is 0 Å². The minimum atomic E-state index is -0.0406. The van der Waals surface area contributed by atoms with Gasteiger partial charge in [-0.05, 0) is 25.0 Å². The maximum Gasteiger partial charge on any atom is 0.323 e. The van der Waals surface area contributed by atoms with E-state index in [2.05, 4.69) is 10.3 Å². The maximum absolute atomic E-state index is 11.6. The van der Waals surface area contributed by atoms with Gasteiger partial charge in [0, 0.05) is 19.3 Å². The van der Waals surface area contributed by atoms with Crippen molar-refractivity contribution in [3.63, 3.8) is 0 Å². The summed E-state index contributed by atoms with van der Waals surface area (Å²) in [4.78, 5) is 17.4. The molecule has 74 valence electrons. The Morgan fingerprint density at radius 3 is 2.79 bits per heavy atom. The zero-order valence-electron chi connectivity index (χ0n) is 7.94. The number of anilines is 1. The molecule has 0 bridgehead atoms. The lowest BCUT2D eigenvalue weighted by molar-refractivity contribution is 0.222. The van der Waals surface area contributed by atoms with Gasteiger partial charge in [0.05, 0.1) is 0 Å². The summed E-state index contributed by atoms with van der Waals surface area (Å²) >= 11 is 0. The SMILES string of the molecule is O=C(Nc1ccccn1)N1CCCC1. The largest absolute Gasteiger partial charge is 0.324 e. The number of nitrogens with one attached hydrogen (secondary N) is 1. The van der Waals surface area contributed by atoms with Gasteiger partial charge in [0.15, 0.2) is 0 Å². The van der Waals surface area contributed by atoms with E-state index in [1.54, 1.807) is 12.3 Å². The third-order valence-electron chi connectivity index (χ3n) is 2.29. The van der Waals surface area contributed by atoms with Crippen molar-refractivity contribution in [3.05, 3.63) is 24.4 Å². The summed E-state index contributed by atoms with van der Waals surface area (Å²) in [7, 11) is 0. The van der Waals surface area contributed by atoms with Crippen LogP contribution < -0.4 is 5.32 Å². The summed E-state index contributed by atoms with van der Waals surface area (Å²) in [6, 6.07) is 5.42. The highest BCUT2D eigenvalue weighted by Crippen LogP contribution is 2.09. The van der Waals surface area contributed by atoms with Crippen molar-refractivity contribution in [2.75, 3.05) is 18.4 Å². The smallest absolute Gasteiger partial charge is 0.323 e. The van der Waals surface area contributed by atoms with Crippen LogP contribution in [0.1, 0.15) is 12.8 Å². The molecular formula is C10H13N3O. The Hall–Kier alpha value is -1.58. The molecule has 1 aliphatic rings. The van der Waals surface area contributed by atoms with Gasteiger partial charge in [0.25, 0.3) is 0 Å². The molecule has 0 aliphatic carbocycles. The zero-order chi connectivity index (χ0) is 9.80. The first-order valence-corrected chi connectivity index (χ1v) is 4.83. The minimum Gasteiger partial charge on any atom is -0.324 e. The van der Waals surface area contributed by atoms with Crippen LogP contribution in [0.5, 0.6) is 0 Å². The van der Waals surface area contributed by atoms with Crippen LogP contribution >= 0.6 is 0 Å². The molecule has 0 aromatic carbocycles. The molecule has 14 heavy (non-hydrogen) atoms. The van der Waals surface area contributed by atoms with Gasteiger partial charge >= 0.3 is 6.03 Å². The van der Waals surface area contributed by atoms with Crippen molar-refractivity contribution >= 4 is 11.8 Å². The van der Waals surface area contributed by atoms with E-state index < -0.39 is 0 Å². The van der Waals surface area contributed by atoms with Gasteiger partial charge in [-0.25, -0.2) is 9.78 Å². The number of carbonyl (C=O) groups is 1. The zero-order valence-corrected chi connectivity index (χ0v) is 7.94. The average Bonchev–Trinajstić information content (AvgIpc) is 2.72. The molecule has 1 aromatic rings. The number of likely N-dealkylation sites (tertiary alicyclic amines) is 1. The Bertz CT molecular complexity index is 306. The number of carbonyl (C=O) groups excluding carboxylic acids is 1. The normalized spacial score (nSPS) is 15.6. The lowest BCUT2D eigenvalue weighted by Crippen LogP contribution is -2.32. The standard InChI is InChI=1S/C10H13N3O/c14-10(13-7-3-4-8-13)12-9-5-1-2-6-11-9/h1-2,5-6H,3-4,7-8H2,(H,11,12,14). The molecule has 0 atom stereocenters. The van der Waals surface area contributed by atoms with Crippen molar-refractivity contribution in [2.24, 2.45) is 0 Å². The highest BCUT2D eigenvalue weighted by atomic mass is 16.2. The molecule has 1 aliphatic heterocycles. The molecular weight excluding hydrogens is 178 g/mol. The van der Waals surface area contributed by atoms with Crippen LogP contribution in [0.4, 0.5) is 10.6 Å². The third-order valence-corrected chi connectivity index (χ3v) is 2.29. The number of amides is 2. The molecule has 2 amide bonds. The van der Waals surface area contributed by atoms with Crippen molar-refractivity contribution in [1.29, 1.82) is 0 Å². The monoisotopic (exact) mass is 191 g/mol.